The topological polar surface area (TPSA) is 67.6 Å². The lowest BCUT2D eigenvalue weighted by molar-refractivity contribution is -0.141. The van der Waals surface area contributed by atoms with Crippen molar-refractivity contribution in [1.82, 2.24) is 9.78 Å². The van der Waals surface area contributed by atoms with Crippen LogP contribution in [0.1, 0.15) is 95.2 Å². The predicted octanol–water partition coefficient (Wildman–Crippen LogP) is 7.70. The zero-order valence-electron chi connectivity index (χ0n) is 25.5. The van der Waals surface area contributed by atoms with Gasteiger partial charge in [-0.2, -0.15) is 5.10 Å². The Hall–Kier alpha value is -3.12. The van der Waals surface area contributed by atoms with Gasteiger partial charge in [-0.05, 0) is 125 Å². The van der Waals surface area contributed by atoms with Crippen molar-refractivity contribution in [1.29, 1.82) is 0 Å². The molecule has 220 valence electrons. The van der Waals surface area contributed by atoms with E-state index in [-0.39, 0.29) is 11.9 Å². The van der Waals surface area contributed by atoms with Crippen molar-refractivity contribution in [3.8, 4) is 16.9 Å². The Labute approximate surface area is 245 Å². The lowest BCUT2D eigenvalue weighted by atomic mass is 9.77. The van der Waals surface area contributed by atoms with Gasteiger partial charge in [0.2, 0.25) is 0 Å². The zero-order valence-corrected chi connectivity index (χ0v) is 25.5. The van der Waals surface area contributed by atoms with E-state index < -0.39 is 5.60 Å². The molecule has 6 nitrogen and oxygen atoms in total. The van der Waals surface area contributed by atoms with Gasteiger partial charge in [0, 0.05) is 30.0 Å². The smallest absolute Gasteiger partial charge is 0.258 e. The zero-order chi connectivity index (χ0) is 29.1. The van der Waals surface area contributed by atoms with Crippen molar-refractivity contribution < 1.29 is 14.6 Å². The van der Waals surface area contributed by atoms with Gasteiger partial charge in [-0.25, -0.2) is 0 Å². The minimum absolute atomic E-state index is 0.132. The molecule has 2 aliphatic rings. The van der Waals surface area contributed by atoms with E-state index in [4.69, 9.17) is 4.74 Å². The van der Waals surface area contributed by atoms with E-state index in [0.29, 0.717) is 37.1 Å². The first-order valence-electron chi connectivity index (χ1n) is 15.5. The number of nitrogens with zero attached hydrogens (tertiary/aromatic N) is 3. The molecule has 2 aliphatic carbocycles. The van der Waals surface area contributed by atoms with E-state index in [1.807, 2.05) is 27.9 Å². The number of rotatable bonds is 8. The maximum absolute atomic E-state index is 14.2. The average molecular weight is 558 g/mol. The van der Waals surface area contributed by atoms with Crippen molar-refractivity contribution in [2.24, 2.45) is 11.8 Å². The largest absolute Gasteiger partial charge is 0.496 e. The summed E-state index contributed by atoms with van der Waals surface area (Å²) in [5, 5.41) is 16.1. The number of ether oxygens (including phenoxy) is 1. The van der Waals surface area contributed by atoms with Crippen LogP contribution >= 0.6 is 0 Å². The number of anilines is 1. The molecule has 2 aromatic carbocycles. The van der Waals surface area contributed by atoms with E-state index in [1.165, 1.54) is 11.1 Å². The van der Waals surface area contributed by atoms with Gasteiger partial charge in [0.15, 0.2) is 0 Å². The molecular formula is C35H47N3O3. The summed E-state index contributed by atoms with van der Waals surface area (Å²) in [6.07, 6.45) is 11.1. The van der Waals surface area contributed by atoms with Crippen LogP contribution in [0.25, 0.3) is 11.1 Å². The fraction of sp³-hybridized carbons (Fsp3) is 0.543. The molecule has 0 unspecified atom stereocenters. The number of hydrogen-bond donors (Lipinski definition) is 1. The summed E-state index contributed by atoms with van der Waals surface area (Å²) < 4.78 is 7.42. The maximum Gasteiger partial charge on any atom is 0.258 e. The molecule has 41 heavy (non-hydrogen) atoms. The minimum Gasteiger partial charge on any atom is -0.496 e. The number of carbonyl (C=O) groups excluding carboxylic acids is 1. The summed E-state index contributed by atoms with van der Waals surface area (Å²) in [4.78, 5) is 16.1. The number of carbonyl (C=O) groups is 1. The van der Waals surface area contributed by atoms with Crippen LogP contribution in [0.3, 0.4) is 0 Å². The van der Waals surface area contributed by atoms with Crippen LogP contribution < -0.4 is 9.64 Å². The Morgan fingerprint density at radius 1 is 1.07 bits per heavy atom. The van der Waals surface area contributed by atoms with E-state index in [9.17, 15) is 9.90 Å². The SMILES string of the molecule is COc1ccc(C2CCC(CN(C(=O)C3(O)CCC(C)CC3)c3cccc(-c4cnn(C(C)C)c4)c3)CC2)cc1C. The molecule has 0 aliphatic heterocycles. The first kappa shape index (κ1) is 29.4. The van der Waals surface area contributed by atoms with Crippen molar-refractivity contribution in [2.45, 2.75) is 96.6 Å². The minimum atomic E-state index is -1.29. The summed E-state index contributed by atoms with van der Waals surface area (Å²) in [5.41, 5.74) is 4.21. The summed E-state index contributed by atoms with van der Waals surface area (Å²) in [6.45, 7) is 9.19. The number of aromatic nitrogens is 2. The van der Waals surface area contributed by atoms with Crippen LogP contribution in [0.5, 0.6) is 5.75 Å². The first-order valence-corrected chi connectivity index (χ1v) is 15.5. The maximum atomic E-state index is 14.2. The third-order valence-corrected chi connectivity index (χ3v) is 9.54. The number of amides is 1. The number of aryl methyl sites for hydroxylation is 1. The fourth-order valence-corrected chi connectivity index (χ4v) is 6.73. The van der Waals surface area contributed by atoms with Crippen molar-refractivity contribution >= 4 is 11.6 Å². The molecule has 0 radical (unpaired) electrons. The third-order valence-electron chi connectivity index (χ3n) is 9.54. The highest BCUT2D eigenvalue weighted by Crippen LogP contribution is 2.40. The monoisotopic (exact) mass is 557 g/mol. The molecule has 1 aromatic heterocycles. The predicted molar refractivity (Wildman–Crippen MR) is 165 cm³/mol. The van der Waals surface area contributed by atoms with E-state index in [0.717, 1.165) is 61.1 Å². The molecule has 0 saturated heterocycles. The van der Waals surface area contributed by atoms with E-state index >= 15 is 0 Å². The molecule has 1 amide bonds. The van der Waals surface area contributed by atoms with Gasteiger partial charge in [0.1, 0.15) is 11.4 Å². The van der Waals surface area contributed by atoms with Gasteiger partial charge >= 0.3 is 0 Å². The summed E-state index contributed by atoms with van der Waals surface area (Å²) >= 11 is 0. The quantitative estimate of drug-likeness (QED) is 0.308. The Morgan fingerprint density at radius 2 is 1.80 bits per heavy atom. The van der Waals surface area contributed by atoms with Crippen LogP contribution in [0.2, 0.25) is 0 Å². The molecule has 0 bridgehead atoms. The number of hydrogen-bond acceptors (Lipinski definition) is 4. The van der Waals surface area contributed by atoms with Gasteiger partial charge in [-0.15, -0.1) is 0 Å². The summed E-state index contributed by atoms with van der Waals surface area (Å²) in [6, 6.07) is 15.1. The highest BCUT2D eigenvalue weighted by atomic mass is 16.5. The highest BCUT2D eigenvalue weighted by molar-refractivity contribution is 6.00. The molecule has 5 rings (SSSR count). The second-order valence-corrected chi connectivity index (χ2v) is 12.9. The van der Waals surface area contributed by atoms with E-state index in [1.54, 1.807) is 7.11 Å². The van der Waals surface area contributed by atoms with Crippen LogP contribution in [-0.2, 0) is 4.79 Å². The second kappa shape index (κ2) is 12.4. The number of benzene rings is 2. The van der Waals surface area contributed by atoms with Gasteiger partial charge in [0.05, 0.1) is 13.3 Å². The molecule has 1 heterocycles. The molecule has 2 fully saturated rings. The van der Waals surface area contributed by atoms with Gasteiger partial charge in [-0.1, -0.05) is 31.2 Å². The van der Waals surface area contributed by atoms with Crippen molar-refractivity contribution in [2.75, 3.05) is 18.6 Å². The lowest BCUT2D eigenvalue weighted by Gasteiger charge is -2.40. The normalized spacial score (nSPS) is 24.8. The van der Waals surface area contributed by atoms with E-state index in [2.05, 4.69) is 69.3 Å². The Morgan fingerprint density at radius 3 is 2.44 bits per heavy atom. The second-order valence-electron chi connectivity index (χ2n) is 12.9. The van der Waals surface area contributed by atoms with Crippen LogP contribution in [0.4, 0.5) is 5.69 Å². The molecule has 1 N–H and O–H groups in total. The summed E-state index contributed by atoms with van der Waals surface area (Å²) in [5.74, 6) is 2.28. The molecule has 6 heteroatoms. The van der Waals surface area contributed by atoms with Crippen molar-refractivity contribution in [3.63, 3.8) is 0 Å². The van der Waals surface area contributed by atoms with Gasteiger partial charge < -0.3 is 14.7 Å². The van der Waals surface area contributed by atoms with Crippen molar-refractivity contribution in [3.05, 3.63) is 66.0 Å². The van der Waals surface area contributed by atoms with Crippen LogP contribution in [0, 0.1) is 18.8 Å². The molecular weight excluding hydrogens is 510 g/mol. The van der Waals surface area contributed by atoms with Crippen LogP contribution in [-0.4, -0.2) is 40.0 Å². The van der Waals surface area contributed by atoms with Gasteiger partial charge in [0.25, 0.3) is 5.91 Å². The standard InChI is InChI=1S/C35H47N3O3/c1-24(2)38-23-31(21-36-38)29-7-6-8-32(20-29)37(34(39)35(40)17-15-25(3)16-18-35)22-27-9-11-28(12-10-27)30-13-14-33(41-5)26(4)19-30/h6-8,13-14,19-21,23-25,27-28,40H,9-12,15-18,22H2,1-5H3. The lowest BCUT2D eigenvalue weighted by Crippen LogP contribution is -2.52. The Balaban J connectivity index is 1.36. The molecule has 3 aromatic rings. The highest BCUT2D eigenvalue weighted by Gasteiger charge is 2.42. The number of methoxy groups -OCH3 is 1. The van der Waals surface area contributed by atoms with Gasteiger partial charge in [-0.3, -0.25) is 9.48 Å². The average Bonchev–Trinajstić information content (AvgIpc) is 3.49. The molecule has 0 atom stereocenters. The third kappa shape index (κ3) is 6.53. The Bertz CT molecular complexity index is 1330. The fourth-order valence-electron chi connectivity index (χ4n) is 6.73. The molecule has 0 spiro atoms. The molecule has 2 saturated carbocycles. The summed E-state index contributed by atoms with van der Waals surface area (Å²) in [7, 11) is 1.72. The van der Waals surface area contributed by atoms with Crippen LogP contribution in [0.15, 0.2) is 54.9 Å². The first-order chi connectivity index (χ1) is 19.7. The Kier molecular flexibility index (Phi) is 8.88. The number of aliphatic hydroxyl groups is 1.